The molecule has 0 saturated carbocycles. The molecule has 236 valence electrons. The van der Waals surface area contributed by atoms with Gasteiger partial charge in [-0.1, -0.05) is 29.4 Å². The van der Waals surface area contributed by atoms with E-state index >= 15 is 0 Å². The Bertz CT molecular complexity index is 1860. The van der Waals surface area contributed by atoms with Crippen molar-refractivity contribution < 1.29 is 44.2 Å². The van der Waals surface area contributed by atoms with Crippen molar-refractivity contribution in [3.05, 3.63) is 87.1 Å². The average molecular weight is 617 g/mol. The number of allylic oxidation sites excluding steroid dienone is 4. The van der Waals surface area contributed by atoms with Crippen LogP contribution in [0.4, 0.5) is 0 Å². The quantitative estimate of drug-likeness (QED) is 0.133. The Balaban J connectivity index is 1.56. The zero-order valence-electron chi connectivity index (χ0n) is 25.5. The Morgan fingerprint density at radius 3 is 2.40 bits per heavy atom. The van der Waals surface area contributed by atoms with Gasteiger partial charge in [-0.3, -0.25) is 4.79 Å². The fraction of sp³-hybridized carbons (Fsp3) is 0.286. The van der Waals surface area contributed by atoms with Gasteiger partial charge < -0.3 is 44.2 Å². The number of phenols is 3. The van der Waals surface area contributed by atoms with Crippen molar-refractivity contribution >= 4 is 11.0 Å². The number of aliphatic hydroxyl groups excluding tert-OH is 1. The average Bonchev–Trinajstić information content (AvgIpc) is 3.01. The van der Waals surface area contributed by atoms with Crippen LogP contribution in [0.25, 0.3) is 22.3 Å². The van der Waals surface area contributed by atoms with Crippen LogP contribution in [-0.2, 0) is 6.42 Å². The van der Waals surface area contributed by atoms with Crippen LogP contribution in [-0.4, -0.2) is 45.4 Å². The monoisotopic (exact) mass is 616 g/mol. The third-order valence-electron chi connectivity index (χ3n) is 7.74. The van der Waals surface area contributed by atoms with Gasteiger partial charge in [-0.05, 0) is 70.4 Å². The van der Waals surface area contributed by atoms with E-state index in [1.54, 1.807) is 24.3 Å². The van der Waals surface area contributed by atoms with Crippen LogP contribution in [0.5, 0.6) is 40.2 Å². The highest BCUT2D eigenvalue weighted by atomic mass is 16.6. The molecule has 4 aromatic rings. The molecular formula is C35H36O10. The minimum absolute atomic E-state index is 0.0528. The van der Waals surface area contributed by atoms with Gasteiger partial charge in [0.2, 0.25) is 11.2 Å². The summed E-state index contributed by atoms with van der Waals surface area (Å²) >= 11 is 0. The molecule has 2 atom stereocenters. The second-order valence-electron chi connectivity index (χ2n) is 11.3. The van der Waals surface area contributed by atoms with E-state index in [2.05, 4.69) is 6.08 Å². The number of rotatable bonds is 9. The van der Waals surface area contributed by atoms with Gasteiger partial charge in [-0.2, -0.15) is 0 Å². The van der Waals surface area contributed by atoms with Crippen LogP contribution in [0, 0.1) is 0 Å². The summed E-state index contributed by atoms with van der Waals surface area (Å²) in [7, 11) is 1.42. The van der Waals surface area contributed by atoms with Gasteiger partial charge in [0.15, 0.2) is 41.0 Å². The second-order valence-corrected chi connectivity index (χ2v) is 11.3. The molecule has 0 fully saturated rings. The molecule has 0 aliphatic carbocycles. The summed E-state index contributed by atoms with van der Waals surface area (Å²) in [4.78, 5) is 13.4. The third-order valence-corrected chi connectivity index (χ3v) is 7.74. The van der Waals surface area contributed by atoms with Crippen LogP contribution >= 0.6 is 0 Å². The number of fused-ring (bicyclic) bond motifs is 2. The smallest absolute Gasteiger partial charge is 0.238 e. The molecule has 1 aliphatic heterocycles. The van der Waals surface area contributed by atoms with Crippen molar-refractivity contribution in [3.8, 4) is 51.6 Å². The number of methoxy groups -OCH3 is 1. The van der Waals surface area contributed by atoms with E-state index in [0.717, 1.165) is 24.5 Å². The molecule has 0 radical (unpaired) electrons. The molecule has 45 heavy (non-hydrogen) atoms. The summed E-state index contributed by atoms with van der Waals surface area (Å²) in [6, 6.07) is 10.3. The maximum absolute atomic E-state index is 13.4. The van der Waals surface area contributed by atoms with E-state index in [9.17, 15) is 30.3 Å². The van der Waals surface area contributed by atoms with Crippen molar-refractivity contribution in [1.82, 2.24) is 0 Å². The summed E-state index contributed by atoms with van der Waals surface area (Å²) in [6.45, 7) is 5.68. The Morgan fingerprint density at radius 1 is 0.911 bits per heavy atom. The molecule has 10 nitrogen and oxygen atoms in total. The number of hydrogen-bond donors (Lipinski definition) is 5. The fourth-order valence-corrected chi connectivity index (χ4v) is 5.30. The standard InChI is InChI=1S/C35H36O10/c1-18(2)6-5-7-19(3)8-11-22-24(38)16-25(39)30-31(40)32(41)34(45-35(22)30)21-10-13-26-28(15-21)44-33(29(17-36)43-26)20-9-12-23(37)27(14-20)42-4/h6,8-10,12-16,29,33,36-39,41H,5,7,11,17H2,1-4H3/b19-8+. The molecule has 5 rings (SSSR count). The molecule has 10 heteroatoms. The van der Waals surface area contributed by atoms with E-state index in [4.69, 9.17) is 18.6 Å². The second kappa shape index (κ2) is 12.9. The number of aliphatic hydroxyl groups is 1. The minimum Gasteiger partial charge on any atom is -0.507 e. The van der Waals surface area contributed by atoms with Crippen molar-refractivity contribution in [2.75, 3.05) is 13.7 Å². The van der Waals surface area contributed by atoms with E-state index in [0.29, 0.717) is 11.3 Å². The molecule has 0 bridgehead atoms. The van der Waals surface area contributed by atoms with Crippen molar-refractivity contribution in [2.24, 2.45) is 0 Å². The number of benzene rings is 3. The molecule has 1 aliphatic rings. The minimum atomic E-state index is -0.862. The van der Waals surface area contributed by atoms with Gasteiger partial charge in [0, 0.05) is 22.8 Å². The number of hydrogen-bond acceptors (Lipinski definition) is 10. The van der Waals surface area contributed by atoms with Crippen LogP contribution in [0.2, 0.25) is 0 Å². The van der Waals surface area contributed by atoms with Crippen LogP contribution in [0.15, 0.2) is 75.0 Å². The van der Waals surface area contributed by atoms with Crippen LogP contribution in [0.3, 0.4) is 0 Å². The van der Waals surface area contributed by atoms with Gasteiger partial charge in [0.05, 0.1) is 13.7 Å². The molecule has 2 heterocycles. The highest BCUT2D eigenvalue weighted by Crippen LogP contribution is 2.45. The number of ether oxygens (including phenoxy) is 3. The summed E-state index contributed by atoms with van der Waals surface area (Å²) in [5.74, 6) is -0.983. The lowest BCUT2D eigenvalue weighted by Crippen LogP contribution is -2.36. The summed E-state index contributed by atoms with van der Waals surface area (Å²) in [5.41, 5.74) is 2.50. The zero-order valence-corrected chi connectivity index (χ0v) is 25.5. The van der Waals surface area contributed by atoms with E-state index in [1.165, 1.54) is 24.8 Å². The normalized spacial score (nSPS) is 16.1. The van der Waals surface area contributed by atoms with E-state index in [1.807, 2.05) is 26.8 Å². The predicted octanol–water partition coefficient (Wildman–Crippen LogP) is 6.40. The zero-order chi connectivity index (χ0) is 32.4. The molecule has 0 saturated heterocycles. The molecule has 0 spiro atoms. The molecular weight excluding hydrogens is 580 g/mol. The first-order chi connectivity index (χ1) is 21.5. The molecule has 1 aromatic heterocycles. The Kier molecular flexibility index (Phi) is 8.96. The highest BCUT2D eigenvalue weighted by Gasteiger charge is 2.34. The van der Waals surface area contributed by atoms with Gasteiger partial charge in [-0.25, -0.2) is 0 Å². The number of phenolic OH excluding ortho intramolecular Hbond substituents is 3. The lowest BCUT2D eigenvalue weighted by molar-refractivity contribution is -0.0123. The molecule has 5 N–H and O–H groups in total. The maximum atomic E-state index is 13.4. The SMILES string of the molecule is COc1cc(C2Oc3cc(-c4oc5c(C/C=C(\C)CCC=C(C)C)c(O)cc(O)c5c(=O)c4O)ccc3OC2CO)ccc1O. The van der Waals surface area contributed by atoms with Crippen molar-refractivity contribution in [2.45, 2.75) is 52.2 Å². The highest BCUT2D eigenvalue weighted by molar-refractivity contribution is 5.91. The van der Waals surface area contributed by atoms with Gasteiger partial charge in [0.1, 0.15) is 22.5 Å². The predicted molar refractivity (Wildman–Crippen MR) is 169 cm³/mol. The van der Waals surface area contributed by atoms with Crippen molar-refractivity contribution in [3.63, 3.8) is 0 Å². The first-order valence-electron chi connectivity index (χ1n) is 14.5. The Morgan fingerprint density at radius 2 is 1.69 bits per heavy atom. The Hall–Kier alpha value is -5.09. The van der Waals surface area contributed by atoms with E-state index in [-0.39, 0.29) is 63.9 Å². The lowest BCUT2D eigenvalue weighted by Gasteiger charge is -2.33. The summed E-state index contributed by atoms with van der Waals surface area (Å²) in [5, 5.41) is 52.1. The first kappa shape index (κ1) is 31.3. The van der Waals surface area contributed by atoms with Crippen LogP contribution < -0.4 is 19.6 Å². The van der Waals surface area contributed by atoms with Gasteiger partial charge in [0.25, 0.3) is 0 Å². The number of aromatic hydroxyl groups is 4. The summed E-state index contributed by atoms with van der Waals surface area (Å²) in [6.07, 6.45) is 4.39. The van der Waals surface area contributed by atoms with Gasteiger partial charge in [-0.15, -0.1) is 0 Å². The molecule has 3 aromatic carbocycles. The van der Waals surface area contributed by atoms with Crippen molar-refractivity contribution in [1.29, 1.82) is 0 Å². The fourth-order valence-electron chi connectivity index (χ4n) is 5.30. The van der Waals surface area contributed by atoms with Gasteiger partial charge >= 0.3 is 0 Å². The first-order valence-corrected chi connectivity index (χ1v) is 14.5. The Labute approximate surface area is 259 Å². The summed E-state index contributed by atoms with van der Waals surface area (Å²) < 4.78 is 23.6. The third kappa shape index (κ3) is 6.28. The largest absolute Gasteiger partial charge is 0.507 e. The van der Waals surface area contributed by atoms with E-state index < -0.39 is 29.1 Å². The van der Waals surface area contributed by atoms with Crippen LogP contribution in [0.1, 0.15) is 50.8 Å². The molecule has 2 unspecified atom stereocenters. The maximum Gasteiger partial charge on any atom is 0.238 e. The molecule has 0 amide bonds. The lowest BCUT2D eigenvalue weighted by atomic mass is 10.0. The topological polar surface area (TPSA) is 159 Å².